The van der Waals surface area contributed by atoms with Crippen molar-refractivity contribution in [2.24, 2.45) is 0 Å². The van der Waals surface area contributed by atoms with E-state index >= 15 is 0 Å². The van der Waals surface area contributed by atoms with E-state index in [0.29, 0.717) is 17.8 Å². The van der Waals surface area contributed by atoms with E-state index in [1.165, 1.54) is 6.08 Å². The maximum absolute atomic E-state index is 9.74. The minimum atomic E-state index is 0.0952. The Labute approximate surface area is 101 Å². The number of ether oxygens (including phenoxy) is 1. The SMILES string of the molecule is C=C/C(=C\C(Cc1ccco1)=C(\O)C=C)OC. The van der Waals surface area contributed by atoms with Gasteiger partial charge in [0.25, 0.3) is 0 Å². The van der Waals surface area contributed by atoms with Crippen molar-refractivity contribution in [2.45, 2.75) is 6.42 Å². The van der Waals surface area contributed by atoms with Gasteiger partial charge in [0.15, 0.2) is 0 Å². The molecule has 0 amide bonds. The van der Waals surface area contributed by atoms with E-state index in [-0.39, 0.29) is 5.76 Å². The standard InChI is InChI=1S/C14H16O3/c1-4-12(16-3)9-11(14(15)5-2)10-13-7-6-8-17-13/h4-9,15H,1-2,10H2,3H3/b12-9+,14-11-. The summed E-state index contributed by atoms with van der Waals surface area (Å²) in [6.07, 6.45) is 6.70. The maximum Gasteiger partial charge on any atom is 0.118 e. The monoisotopic (exact) mass is 232 g/mol. The van der Waals surface area contributed by atoms with Crippen molar-refractivity contribution in [2.75, 3.05) is 7.11 Å². The predicted molar refractivity (Wildman–Crippen MR) is 67.6 cm³/mol. The van der Waals surface area contributed by atoms with Crippen LogP contribution < -0.4 is 0 Å². The van der Waals surface area contributed by atoms with E-state index in [9.17, 15) is 5.11 Å². The largest absolute Gasteiger partial charge is 0.508 e. The van der Waals surface area contributed by atoms with Gasteiger partial charge in [-0.05, 0) is 30.4 Å². The molecule has 1 N–H and O–H groups in total. The number of furan rings is 1. The molecular formula is C14H16O3. The minimum Gasteiger partial charge on any atom is -0.508 e. The summed E-state index contributed by atoms with van der Waals surface area (Å²) in [5.41, 5.74) is 0.659. The van der Waals surface area contributed by atoms with Gasteiger partial charge >= 0.3 is 0 Å². The van der Waals surface area contributed by atoms with Crippen molar-refractivity contribution in [1.82, 2.24) is 0 Å². The fraction of sp³-hybridized carbons (Fsp3) is 0.143. The number of aliphatic hydroxyl groups excluding tert-OH is 1. The van der Waals surface area contributed by atoms with E-state index in [4.69, 9.17) is 9.15 Å². The normalized spacial score (nSPS) is 12.9. The lowest BCUT2D eigenvalue weighted by atomic mass is 10.1. The first-order chi connectivity index (χ1) is 8.21. The molecule has 0 unspecified atom stereocenters. The van der Waals surface area contributed by atoms with Gasteiger partial charge in [0.2, 0.25) is 0 Å². The summed E-state index contributed by atoms with van der Waals surface area (Å²) in [6, 6.07) is 3.64. The molecular weight excluding hydrogens is 216 g/mol. The summed E-state index contributed by atoms with van der Waals surface area (Å²) in [6.45, 7) is 7.16. The van der Waals surface area contributed by atoms with Crippen LogP contribution in [0.5, 0.6) is 0 Å². The molecule has 0 aliphatic carbocycles. The summed E-state index contributed by atoms with van der Waals surface area (Å²) in [5, 5.41) is 9.74. The van der Waals surface area contributed by atoms with E-state index in [0.717, 1.165) is 5.76 Å². The maximum atomic E-state index is 9.74. The summed E-state index contributed by atoms with van der Waals surface area (Å²) < 4.78 is 10.3. The van der Waals surface area contributed by atoms with Gasteiger partial charge < -0.3 is 14.3 Å². The summed E-state index contributed by atoms with van der Waals surface area (Å²) in [4.78, 5) is 0. The zero-order valence-corrected chi connectivity index (χ0v) is 9.85. The van der Waals surface area contributed by atoms with Crippen LogP contribution in [0.1, 0.15) is 5.76 Å². The van der Waals surface area contributed by atoms with E-state index in [2.05, 4.69) is 13.2 Å². The van der Waals surface area contributed by atoms with Crippen molar-refractivity contribution in [3.05, 3.63) is 72.6 Å². The molecule has 1 aromatic heterocycles. The molecule has 1 heterocycles. The second-order valence-corrected chi connectivity index (χ2v) is 3.33. The average Bonchev–Trinajstić information content (AvgIpc) is 2.86. The van der Waals surface area contributed by atoms with Crippen LogP contribution in [0, 0.1) is 0 Å². The first kappa shape index (κ1) is 12.9. The van der Waals surface area contributed by atoms with Gasteiger partial charge in [0.1, 0.15) is 17.3 Å². The van der Waals surface area contributed by atoms with Crippen LogP contribution >= 0.6 is 0 Å². The number of rotatable bonds is 6. The Kier molecular flexibility index (Phi) is 4.88. The second-order valence-electron chi connectivity index (χ2n) is 3.33. The minimum absolute atomic E-state index is 0.0952. The lowest BCUT2D eigenvalue weighted by Gasteiger charge is -2.05. The summed E-state index contributed by atoms with van der Waals surface area (Å²) in [7, 11) is 1.54. The summed E-state index contributed by atoms with van der Waals surface area (Å²) >= 11 is 0. The van der Waals surface area contributed by atoms with Crippen molar-refractivity contribution in [3.8, 4) is 0 Å². The highest BCUT2D eigenvalue weighted by Crippen LogP contribution is 2.16. The lowest BCUT2D eigenvalue weighted by Crippen LogP contribution is -1.94. The molecule has 0 saturated carbocycles. The van der Waals surface area contributed by atoms with Crippen LogP contribution in [0.25, 0.3) is 0 Å². The van der Waals surface area contributed by atoms with Crippen LogP contribution in [-0.2, 0) is 11.2 Å². The van der Waals surface area contributed by atoms with Crippen molar-refractivity contribution < 1.29 is 14.3 Å². The quantitative estimate of drug-likeness (QED) is 0.602. The number of methoxy groups -OCH3 is 1. The molecule has 0 aliphatic heterocycles. The van der Waals surface area contributed by atoms with Crippen LogP contribution in [0.4, 0.5) is 0 Å². The second kappa shape index (κ2) is 6.43. The predicted octanol–water partition coefficient (Wildman–Crippen LogP) is 3.54. The van der Waals surface area contributed by atoms with Gasteiger partial charge in [-0.2, -0.15) is 0 Å². The molecule has 0 fully saturated rings. The smallest absolute Gasteiger partial charge is 0.118 e. The Hall–Kier alpha value is -2.16. The molecule has 17 heavy (non-hydrogen) atoms. The lowest BCUT2D eigenvalue weighted by molar-refractivity contribution is 0.306. The van der Waals surface area contributed by atoms with Crippen LogP contribution in [0.3, 0.4) is 0 Å². The highest BCUT2D eigenvalue weighted by Gasteiger charge is 2.06. The zero-order valence-electron chi connectivity index (χ0n) is 9.85. The molecule has 0 aliphatic rings. The van der Waals surface area contributed by atoms with Crippen LogP contribution in [-0.4, -0.2) is 12.2 Å². The fourth-order valence-electron chi connectivity index (χ4n) is 1.32. The number of hydrogen-bond donors (Lipinski definition) is 1. The van der Waals surface area contributed by atoms with Gasteiger partial charge in [-0.1, -0.05) is 13.2 Å². The Morgan fingerprint density at radius 3 is 2.71 bits per heavy atom. The topological polar surface area (TPSA) is 42.6 Å². The third-order valence-electron chi connectivity index (χ3n) is 2.22. The molecule has 0 atom stereocenters. The van der Waals surface area contributed by atoms with E-state index in [1.54, 1.807) is 31.6 Å². The van der Waals surface area contributed by atoms with Crippen LogP contribution in [0.15, 0.2) is 71.3 Å². The Morgan fingerprint density at radius 2 is 2.24 bits per heavy atom. The van der Waals surface area contributed by atoms with Crippen molar-refractivity contribution >= 4 is 0 Å². The molecule has 0 radical (unpaired) electrons. The summed E-state index contributed by atoms with van der Waals surface area (Å²) in [5.74, 6) is 1.42. The molecule has 90 valence electrons. The molecule has 0 spiro atoms. The molecule has 1 aromatic rings. The molecule has 0 bridgehead atoms. The van der Waals surface area contributed by atoms with Crippen molar-refractivity contribution in [3.63, 3.8) is 0 Å². The Bertz CT molecular complexity index is 436. The Morgan fingerprint density at radius 1 is 1.47 bits per heavy atom. The van der Waals surface area contributed by atoms with Gasteiger partial charge in [0.05, 0.1) is 13.4 Å². The number of aliphatic hydroxyl groups is 1. The number of hydrogen-bond acceptors (Lipinski definition) is 3. The zero-order chi connectivity index (χ0) is 12.7. The average molecular weight is 232 g/mol. The molecule has 0 saturated heterocycles. The van der Waals surface area contributed by atoms with E-state index in [1.807, 2.05) is 6.07 Å². The first-order valence-electron chi connectivity index (χ1n) is 5.16. The van der Waals surface area contributed by atoms with Gasteiger partial charge in [-0.3, -0.25) is 0 Å². The molecule has 0 aromatic carbocycles. The number of allylic oxidation sites excluding steroid dienone is 4. The van der Waals surface area contributed by atoms with Gasteiger partial charge in [-0.15, -0.1) is 0 Å². The fourth-order valence-corrected chi connectivity index (χ4v) is 1.32. The first-order valence-corrected chi connectivity index (χ1v) is 5.16. The molecule has 3 heteroatoms. The van der Waals surface area contributed by atoms with Gasteiger partial charge in [-0.25, -0.2) is 0 Å². The Balaban J connectivity index is 3.01. The third kappa shape index (κ3) is 3.72. The van der Waals surface area contributed by atoms with Gasteiger partial charge in [0, 0.05) is 12.0 Å². The third-order valence-corrected chi connectivity index (χ3v) is 2.22. The van der Waals surface area contributed by atoms with E-state index < -0.39 is 0 Å². The van der Waals surface area contributed by atoms with Crippen molar-refractivity contribution in [1.29, 1.82) is 0 Å². The highest BCUT2D eigenvalue weighted by atomic mass is 16.5. The highest BCUT2D eigenvalue weighted by molar-refractivity contribution is 5.34. The molecule has 3 nitrogen and oxygen atoms in total. The van der Waals surface area contributed by atoms with Crippen LogP contribution in [0.2, 0.25) is 0 Å². The molecule has 1 rings (SSSR count).